The highest BCUT2D eigenvalue weighted by Crippen LogP contribution is 2.44. The fraction of sp³-hybridized carbons (Fsp3) is 0.400. The molecule has 2 nitrogen and oxygen atoms in total. The second kappa shape index (κ2) is 8.80. The van der Waals surface area contributed by atoms with Crippen molar-refractivity contribution in [2.45, 2.75) is 43.8 Å². The monoisotopic (exact) mass is 477 g/mol. The van der Waals surface area contributed by atoms with Crippen LogP contribution in [-0.4, -0.2) is 36.0 Å². The number of benzene rings is 2. The van der Waals surface area contributed by atoms with Crippen molar-refractivity contribution >= 4 is 5.69 Å². The Bertz CT molecular complexity index is 923. The van der Waals surface area contributed by atoms with E-state index in [0.29, 0.717) is 17.7 Å². The number of nitrogens with zero attached hydrogens (tertiary/aromatic N) is 1. The van der Waals surface area contributed by atoms with Crippen molar-refractivity contribution in [1.82, 2.24) is 0 Å². The Labute approximate surface area is 176 Å². The highest BCUT2D eigenvalue weighted by molar-refractivity contribution is 5.49. The molecule has 0 aliphatic carbocycles. The number of hydrogen-bond acceptors (Lipinski definition) is 2. The van der Waals surface area contributed by atoms with Gasteiger partial charge in [-0.05, 0) is 36.2 Å². The molecule has 0 fully saturated rings. The van der Waals surface area contributed by atoms with Crippen LogP contribution < -0.4 is 4.90 Å². The Hall–Kier alpha value is -2.50. The van der Waals surface area contributed by atoms with Gasteiger partial charge in [0.1, 0.15) is 6.10 Å². The molecule has 2 rings (SSSR count). The molecule has 1 atom stereocenters. The molecule has 0 aliphatic heterocycles. The molecular weight excluding hydrogens is 460 g/mol. The number of rotatable bonds is 7. The van der Waals surface area contributed by atoms with Crippen molar-refractivity contribution in [2.24, 2.45) is 0 Å². The van der Waals surface area contributed by atoms with E-state index in [9.17, 15) is 49.0 Å². The van der Waals surface area contributed by atoms with Gasteiger partial charge in [-0.2, -0.15) is 43.9 Å². The molecule has 0 amide bonds. The van der Waals surface area contributed by atoms with Gasteiger partial charge >= 0.3 is 24.2 Å². The lowest BCUT2D eigenvalue weighted by molar-refractivity contribution is -0.311. The van der Waals surface area contributed by atoms with Gasteiger partial charge < -0.3 is 10.0 Å². The van der Waals surface area contributed by atoms with E-state index in [0.717, 1.165) is 17.0 Å². The summed E-state index contributed by atoms with van der Waals surface area (Å²) < 4.78 is 130. The van der Waals surface area contributed by atoms with Crippen LogP contribution in [0.15, 0.2) is 48.5 Å². The normalized spacial score (nSPS) is 14.4. The summed E-state index contributed by atoms with van der Waals surface area (Å²) in [6.45, 7) is -0.334. The van der Waals surface area contributed by atoms with E-state index in [2.05, 4.69) is 0 Å². The zero-order valence-electron chi connectivity index (χ0n) is 16.3. The van der Waals surface area contributed by atoms with Crippen molar-refractivity contribution in [1.29, 1.82) is 0 Å². The summed E-state index contributed by atoms with van der Waals surface area (Å²) in [5.41, 5.74) is -1.04. The van der Waals surface area contributed by atoms with E-state index in [-0.39, 0.29) is 11.3 Å². The van der Waals surface area contributed by atoms with Gasteiger partial charge in [-0.3, -0.25) is 0 Å². The molecule has 32 heavy (non-hydrogen) atoms. The van der Waals surface area contributed by atoms with E-state index >= 15 is 0 Å². The smallest absolute Gasteiger partial charge is 0.385 e. The summed E-state index contributed by atoms with van der Waals surface area (Å²) >= 11 is 0. The summed E-state index contributed by atoms with van der Waals surface area (Å²) in [6, 6.07) is 8.65. The minimum absolute atomic E-state index is 0.0509. The predicted molar refractivity (Wildman–Crippen MR) is 95.6 cm³/mol. The van der Waals surface area contributed by atoms with Crippen molar-refractivity contribution in [3.05, 3.63) is 65.2 Å². The number of aliphatic hydroxyl groups excluding tert-OH is 1. The molecule has 0 saturated carbocycles. The van der Waals surface area contributed by atoms with Gasteiger partial charge in [-0.1, -0.05) is 30.3 Å². The summed E-state index contributed by atoms with van der Waals surface area (Å²) in [5, 5.41) is 9.60. The average molecular weight is 477 g/mol. The SMILES string of the molecule is Cc1cccc(N(Cc2cccc(C(F)(F)C(F)(F)F)c2)C[C@@H](O)C(F)(F)C(F)(F)F)c1. The van der Waals surface area contributed by atoms with E-state index in [1.807, 2.05) is 0 Å². The molecule has 0 unspecified atom stereocenters. The first kappa shape index (κ1) is 25.8. The third kappa shape index (κ3) is 5.45. The van der Waals surface area contributed by atoms with Crippen LogP contribution in [0.5, 0.6) is 0 Å². The maximum absolute atomic E-state index is 13.7. The maximum atomic E-state index is 13.7. The lowest BCUT2D eigenvalue weighted by Gasteiger charge is -2.32. The minimum Gasteiger partial charge on any atom is -0.385 e. The maximum Gasteiger partial charge on any atom is 0.458 e. The summed E-state index contributed by atoms with van der Waals surface area (Å²) in [6.07, 6.45) is -15.2. The Morgan fingerprint density at radius 1 is 0.812 bits per heavy atom. The molecule has 0 aliphatic rings. The number of aliphatic hydroxyl groups is 1. The topological polar surface area (TPSA) is 23.5 Å². The Morgan fingerprint density at radius 3 is 1.94 bits per heavy atom. The Morgan fingerprint density at radius 2 is 1.41 bits per heavy atom. The van der Waals surface area contributed by atoms with Gasteiger partial charge in [-0.15, -0.1) is 0 Å². The molecule has 0 bridgehead atoms. The second-order valence-corrected chi connectivity index (χ2v) is 7.13. The standard InChI is InChI=1S/C20H17F10NO/c1-12-4-2-7-15(8-12)31(11-16(32)18(23,24)20(28,29)30)10-13-5-3-6-14(9-13)17(21,22)19(25,26)27/h2-9,16,32H,10-11H2,1H3/t16-/m1/s1. The molecule has 0 radical (unpaired) electrons. The quantitative estimate of drug-likeness (QED) is 0.479. The molecule has 12 heteroatoms. The van der Waals surface area contributed by atoms with E-state index in [1.54, 1.807) is 13.0 Å². The van der Waals surface area contributed by atoms with Gasteiger partial charge in [0.15, 0.2) is 0 Å². The van der Waals surface area contributed by atoms with Gasteiger partial charge in [0.2, 0.25) is 0 Å². The van der Waals surface area contributed by atoms with Crippen LogP contribution in [0.3, 0.4) is 0 Å². The van der Waals surface area contributed by atoms with Crippen LogP contribution in [0, 0.1) is 6.92 Å². The third-order valence-electron chi connectivity index (χ3n) is 4.58. The van der Waals surface area contributed by atoms with Crippen molar-refractivity contribution in [3.63, 3.8) is 0 Å². The molecule has 0 saturated heterocycles. The number of aryl methyl sites for hydroxylation is 1. The van der Waals surface area contributed by atoms with Crippen LogP contribution in [0.2, 0.25) is 0 Å². The first-order valence-electron chi connectivity index (χ1n) is 8.95. The van der Waals surface area contributed by atoms with Crippen LogP contribution in [0.25, 0.3) is 0 Å². The highest BCUT2D eigenvalue weighted by atomic mass is 19.4. The fourth-order valence-electron chi connectivity index (χ4n) is 2.85. The molecule has 0 spiro atoms. The van der Waals surface area contributed by atoms with Gasteiger partial charge in [0.05, 0.1) is 6.54 Å². The van der Waals surface area contributed by atoms with Crippen LogP contribution in [0.1, 0.15) is 16.7 Å². The zero-order valence-corrected chi connectivity index (χ0v) is 16.3. The molecule has 1 N–H and O–H groups in total. The summed E-state index contributed by atoms with van der Waals surface area (Å²) in [4.78, 5) is 0.835. The van der Waals surface area contributed by atoms with E-state index < -0.39 is 49.0 Å². The molecule has 2 aromatic rings. The zero-order chi connectivity index (χ0) is 24.5. The van der Waals surface area contributed by atoms with E-state index in [4.69, 9.17) is 0 Å². The van der Waals surface area contributed by atoms with Crippen molar-refractivity contribution in [3.8, 4) is 0 Å². The van der Waals surface area contributed by atoms with Gasteiger partial charge in [0, 0.05) is 17.8 Å². The largest absolute Gasteiger partial charge is 0.458 e. The number of hydrogen-bond donors (Lipinski definition) is 1. The first-order chi connectivity index (χ1) is 14.5. The lowest BCUT2D eigenvalue weighted by atomic mass is 10.0. The highest BCUT2D eigenvalue weighted by Gasteiger charge is 2.62. The molecule has 178 valence electrons. The summed E-state index contributed by atoms with van der Waals surface area (Å²) in [5.74, 6) is -10.7. The number of halogens is 10. The molecular formula is C20H17F10NO. The van der Waals surface area contributed by atoms with Crippen molar-refractivity contribution < 1.29 is 49.0 Å². The van der Waals surface area contributed by atoms with Crippen molar-refractivity contribution in [2.75, 3.05) is 11.4 Å². The number of alkyl halides is 10. The predicted octanol–water partition coefficient (Wildman–Crippen LogP) is 6.21. The van der Waals surface area contributed by atoms with Gasteiger partial charge in [0.25, 0.3) is 0 Å². The lowest BCUT2D eigenvalue weighted by Crippen LogP contribution is -2.52. The van der Waals surface area contributed by atoms with Gasteiger partial charge in [-0.25, -0.2) is 0 Å². The van der Waals surface area contributed by atoms with Crippen LogP contribution in [0.4, 0.5) is 49.6 Å². The fourth-order valence-corrected chi connectivity index (χ4v) is 2.85. The molecule has 0 aromatic heterocycles. The Kier molecular flexibility index (Phi) is 7.08. The number of anilines is 1. The third-order valence-corrected chi connectivity index (χ3v) is 4.58. The summed E-state index contributed by atoms with van der Waals surface area (Å²) in [7, 11) is 0. The molecule has 0 heterocycles. The first-order valence-corrected chi connectivity index (χ1v) is 8.95. The average Bonchev–Trinajstić information content (AvgIpc) is 2.65. The molecule has 2 aromatic carbocycles. The van der Waals surface area contributed by atoms with E-state index in [1.165, 1.54) is 18.2 Å². The Balaban J connectivity index is 2.42. The van der Waals surface area contributed by atoms with Crippen LogP contribution in [-0.2, 0) is 12.5 Å². The van der Waals surface area contributed by atoms with Crippen LogP contribution >= 0.6 is 0 Å². The second-order valence-electron chi connectivity index (χ2n) is 7.13. The minimum atomic E-state index is -6.06.